The van der Waals surface area contributed by atoms with Crippen LogP contribution in [0.5, 0.6) is 0 Å². The largest absolute Gasteiger partial charge is 0.325 e. The fourth-order valence-electron chi connectivity index (χ4n) is 1.70. The highest BCUT2D eigenvalue weighted by molar-refractivity contribution is 6.02. The van der Waals surface area contributed by atoms with E-state index in [-0.39, 0.29) is 17.6 Å². The van der Waals surface area contributed by atoms with Gasteiger partial charge in [0.2, 0.25) is 5.91 Å². The van der Waals surface area contributed by atoms with Crippen molar-refractivity contribution in [3.05, 3.63) is 29.6 Å². The fraction of sp³-hybridized carbons (Fsp3) is 0.300. The first-order valence-corrected chi connectivity index (χ1v) is 4.32. The number of halogens is 1. The summed E-state index contributed by atoms with van der Waals surface area (Å²) in [5.74, 6) is -0.484. The van der Waals surface area contributed by atoms with Gasteiger partial charge in [-0.3, -0.25) is 4.79 Å². The van der Waals surface area contributed by atoms with Gasteiger partial charge in [0.15, 0.2) is 0 Å². The molecule has 1 aromatic rings. The quantitative estimate of drug-likeness (QED) is 0.704. The van der Waals surface area contributed by atoms with E-state index in [0.717, 1.165) is 11.3 Å². The second-order valence-corrected chi connectivity index (χ2v) is 3.18. The van der Waals surface area contributed by atoms with Crippen molar-refractivity contribution in [1.29, 1.82) is 0 Å². The van der Waals surface area contributed by atoms with Crippen LogP contribution in [0.4, 0.5) is 10.1 Å². The molecule has 0 radical (unpaired) electrons. The monoisotopic (exact) mass is 179 g/mol. The fourth-order valence-corrected chi connectivity index (χ4v) is 1.70. The molecule has 0 saturated carbocycles. The van der Waals surface area contributed by atoms with Crippen molar-refractivity contribution in [3.8, 4) is 0 Å². The van der Waals surface area contributed by atoms with Crippen LogP contribution in [0.2, 0.25) is 0 Å². The molecule has 2 rings (SSSR count). The summed E-state index contributed by atoms with van der Waals surface area (Å²) < 4.78 is 12.9. The summed E-state index contributed by atoms with van der Waals surface area (Å²) in [7, 11) is 0. The van der Waals surface area contributed by atoms with Gasteiger partial charge in [-0.05, 0) is 30.2 Å². The molecule has 0 bridgehead atoms. The first-order valence-electron chi connectivity index (χ1n) is 4.32. The second kappa shape index (κ2) is 2.83. The average molecular weight is 179 g/mol. The topological polar surface area (TPSA) is 29.1 Å². The van der Waals surface area contributed by atoms with Gasteiger partial charge in [0, 0.05) is 5.69 Å². The van der Waals surface area contributed by atoms with E-state index in [2.05, 4.69) is 5.32 Å². The smallest absolute Gasteiger partial charge is 0.231 e. The number of amides is 1. The van der Waals surface area contributed by atoms with Crippen molar-refractivity contribution in [2.45, 2.75) is 19.3 Å². The summed E-state index contributed by atoms with van der Waals surface area (Å²) in [5, 5.41) is 2.72. The number of anilines is 1. The molecule has 2 nitrogen and oxygen atoms in total. The number of rotatable bonds is 1. The Kier molecular flexibility index (Phi) is 1.79. The molecule has 1 heterocycles. The Balaban J connectivity index is 2.50. The number of carbonyl (C=O) groups is 1. The van der Waals surface area contributed by atoms with E-state index in [9.17, 15) is 9.18 Å². The highest BCUT2D eigenvalue weighted by Crippen LogP contribution is 2.34. The van der Waals surface area contributed by atoms with Gasteiger partial charge in [0.1, 0.15) is 5.82 Å². The van der Waals surface area contributed by atoms with Gasteiger partial charge in [-0.1, -0.05) is 6.92 Å². The summed E-state index contributed by atoms with van der Waals surface area (Å²) in [6.07, 6.45) is 0.711. The van der Waals surface area contributed by atoms with Gasteiger partial charge in [0.25, 0.3) is 0 Å². The molecular weight excluding hydrogens is 169 g/mol. The Labute approximate surface area is 75.8 Å². The minimum Gasteiger partial charge on any atom is -0.325 e. The van der Waals surface area contributed by atoms with Gasteiger partial charge in [-0.15, -0.1) is 0 Å². The normalized spacial score (nSPS) is 19.8. The van der Waals surface area contributed by atoms with E-state index >= 15 is 0 Å². The minimum absolute atomic E-state index is 0.0249. The van der Waals surface area contributed by atoms with Crippen molar-refractivity contribution < 1.29 is 9.18 Å². The lowest BCUT2D eigenvalue weighted by Gasteiger charge is -2.03. The zero-order chi connectivity index (χ0) is 9.42. The van der Waals surface area contributed by atoms with Gasteiger partial charge >= 0.3 is 0 Å². The standard InChI is InChI=1S/C10H10FNO/c1-2-7-8-5-6(11)3-4-9(8)12-10(7)13/h3-5,7H,2H2,1H3,(H,12,13)/t7-/m0/s1. The van der Waals surface area contributed by atoms with Crippen LogP contribution in [-0.2, 0) is 4.79 Å². The zero-order valence-electron chi connectivity index (χ0n) is 7.30. The third kappa shape index (κ3) is 1.20. The van der Waals surface area contributed by atoms with Crippen LogP contribution in [0.1, 0.15) is 24.8 Å². The van der Waals surface area contributed by atoms with Crippen molar-refractivity contribution in [1.82, 2.24) is 0 Å². The number of hydrogen-bond donors (Lipinski definition) is 1. The zero-order valence-corrected chi connectivity index (χ0v) is 7.30. The lowest BCUT2D eigenvalue weighted by Crippen LogP contribution is -2.10. The van der Waals surface area contributed by atoms with Crippen LogP contribution >= 0.6 is 0 Å². The predicted octanol–water partition coefficient (Wildman–Crippen LogP) is 2.27. The first-order chi connectivity index (χ1) is 6.22. The molecule has 1 atom stereocenters. The number of fused-ring (bicyclic) bond motifs is 1. The van der Waals surface area contributed by atoms with Crippen molar-refractivity contribution in [3.63, 3.8) is 0 Å². The first kappa shape index (κ1) is 8.23. The van der Waals surface area contributed by atoms with Gasteiger partial charge in [-0.25, -0.2) is 4.39 Å². The van der Waals surface area contributed by atoms with Crippen LogP contribution in [0, 0.1) is 5.82 Å². The Bertz CT molecular complexity index is 362. The molecular formula is C10H10FNO. The number of hydrogen-bond acceptors (Lipinski definition) is 1. The Morgan fingerprint density at radius 1 is 1.54 bits per heavy atom. The van der Waals surface area contributed by atoms with Crippen molar-refractivity contribution >= 4 is 11.6 Å². The number of benzene rings is 1. The Morgan fingerprint density at radius 3 is 3.00 bits per heavy atom. The van der Waals surface area contributed by atoms with Crippen LogP contribution in [0.15, 0.2) is 18.2 Å². The van der Waals surface area contributed by atoms with Crippen molar-refractivity contribution in [2.24, 2.45) is 0 Å². The number of nitrogens with one attached hydrogen (secondary N) is 1. The van der Waals surface area contributed by atoms with E-state index in [4.69, 9.17) is 0 Å². The molecule has 13 heavy (non-hydrogen) atoms. The van der Waals surface area contributed by atoms with Crippen LogP contribution < -0.4 is 5.32 Å². The predicted molar refractivity (Wildman–Crippen MR) is 48.1 cm³/mol. The second-order valence-electron chi connectivity index (χ2n) is 3.18. The summed E-state index contributed by atoms with van der Waals surface area (Å²) in [4.78, 5) is 11.3. The molecule has 1 amide bonds. The van der Waals surface area contributed by atoms with E-state index in [1.165, 1.54) is 12.1 Å². The number of carbonyl (C=O) groups excluding carboxylic acids is 1. The minimum atomic E-state index is -0.284. The molecule has 3 heteroatoms. The third-order valence-electron chi connectivity index (χ3n) is 2.37. The van der Waals surface area contributed by atoms with Crippen molar-refractivity contribution in [2.75, 3.05) is 5.32 Å². The van der Waals surface area contributed by atoms with E-state index in [1.54, 1.807) is 6.07 Å². The Hall–Kier alpha value is -1.38. The summed E-state index contributed by atoms with van der Waals surface area (Å²) in [5.41, 5.74) is 1.53. The molecule has 0 spiro atoms. The summed E-state index contributed by atoms with van der Waals surface area (Å²) in [6.45, 7) is 1.92. The molecule has 0 aliphatic carbocycles. The molecule has 0 aromatic heterocycles. The lowest BCUT2D eigenvalue weighted by atomic mass is 9.98. The molecule has 1 N–H and O–H groups in total. The molecule has 0 unspecified atom stereocenters. The van der Waals surface area contributed by atoms with Gasteiger partial charge in [0.05, 0.1) is 5.92 Å². The average Bonchev–Trinajstić information content (AvgIpc) is 2.40. The lowest BCUT2D eigenvalue weighted by molar-refractivity contribution is -0.117. The maximum atomic E-state index is 12.9. The highest BCUT2D eigenvalue weighted by atomic mass is 19.1. The molecule has 1 aliphatic heterocycles. The molecule has 0 saturated heterocycles. The van der Waals surface area contributed by atoms with Crippen LogP contribution in [-0.4, -0.2) is 5.91 Å². The maximum absolute atomic E-state index is 12.9. The van der Waals surface area contributed by atoms with E-state index in [1.807, 2.05) is 6.92 Å². The Morgan fingerprint density at radius 2 is 2.31 bits per heavy atom. The van der Waals surface area contributed by atoms with E-state index < -0.39 is 0 Å². The highest BCUT2D eigenvalue weighted by Gasteiger charge is 2.28. The molecule has 68 valence electrons. The van der Waals surface area contributed by atoms with E-state index in [0.29, 0.717) is 6.42 Å². The maximum Gasteiger partial charge on any atom is 0.231 e. The SMILES string of the molecule is CC[C@@H]1C(=O)Nc2ccc(F)cc21. The van der Waals surface area contributed by atoms with Gasteiger partial charge in [-0.2, -0.15) is 0 Å². The molecule has 1 aliphatic rings. The van der Waals surface area contributed by atoms with Crippen LogP contribution in [0.25, 0.3) is 0 Å². The van der Waals surface area contributed by atoms with Crippen LogP contribution in [0.3, 0.4) is 0 Å². The summed E-state index contributed by atoms with van der Waals surface area (Å²) >= 11 is 0. The molecule has 1 aromatic carbocycles. The summed E-state index contributed by atoms with van der Waals surface area (Å²) in [6, 6.07) is 4.40. The molecule has 0 fully saturated rings. The third-order valence-corrected chi connectivity index (χ3v) is 2.37. The van der Waals surface area contributed by atoms with Gasteiger partial charge < -0.3 is 5.32 Å².